The molecule has 0 fully saturated rings. The van der Waals surface area contributed by atoms with Gasteiger partial charge in [0.1, 0.15) is 5.75 Å². The van der Waals surface area contributed by atoms with Crippen LogP contribution in [-0.4, -0.2) is 30.0 Å². The molecule has 1 N–H and O–H groups in total. The van der Waals surface area contributed by atoms with Gasteiger partial charge in [-0.05, 0) is 31.5 Å². The Morgan fingerprint density at radius 1 is 1.05 bits per heavy atom. The molecule has 2 amide bonds. The van der Waals surface area contributed by atoms with E-state index in [1.54, 1.807) is 18.2 Å². The average molecular weight is 298 g/mol. The molecule has 1 aliphatic heterocycles. The fourth-order valence-corrected chi connectivity index (χ4v) is 2.72. The Bertz CT molecular complexity index is 733. The third-order valence-corrected chi connectivity index (χ3v) is 3.69. The minimum Gasteiger partial charge on any atom is -0.493 e. The number of rotatable bonds is 5. The third-order valence-electron chi connectivity index (χ3n) is 3.69. The van der Waals surface area contributed by atoms with Crippen molar-refractivity contribution in [2.75, 3.05) is 13.2 Å². The van der Waals surface area contributed by atoms with Gasteiger partial charge >= 0.3 is 0 Å². The van der Waals surface area contributed by atoms with E-state index in [2.05, 4.69) is 5.43 Å². The van der Waals surface area contributed by atoms with Gasteiger partial charge in [-0.1, -0.05) is 19.1 Å². The van der Waals surface area contributed by atoms with E-state index in [4.69, 9.17) is 4.74 Å². The Morgan fingerprint density at radius 2 is 1.77 bits per heavy atom. The maximum atomic E-state index is 12.6. The summed E-state index contributed by atoms with van der Waals surface area (Å²) in [6.45, 7) is 4.99. The van der Waals surface area contributed by atoms with E-state index in [0.717, 1.165) is 16.8 Å². The van der Waals surface area contributed by atoms with Gasteiger partial charge in [0.2, 0.25) is 0 Å². The SMILES string of the molecule is CCCNN1C(=O)c2cccc3c(OCC)ccc(c23)C1=O. The van der Waals surface area contributed by atoms with Crippen LogP contribution in [0.4, 0.5) is 0 Å². The molecule has 0 aromatic heterocycles. The molecule has 0 aliphatic carbocycles. The fourth-order valence-electron chi connectivity index (χ4n) is 2.72. The number of hydrogen-bond acceptors (Lipinski definition) is 4. The van der Waals surface area contributed by atoms with Gasteiger partial charge in [-0.25, -0.2) is 10.4 Å². The highest BCUT2D eigenvalue weighted by molar-refractivity contribution is 6.25. The van der Waals surface area contributed by atoms with Crippen LogP contribution in [0.25, 0.3) is 10.8 Å². The molecular weight excluding hydrogens is 280 g/mol. The van der Waals surface area contributed by atoms with Gasteiger partial charge in [-0.15, -0.1) is 0 Å². The highest BCUT2D eigenvalue weighted by Gasteiger charge is 2.33. The minimum atomic E-state index is -0.315. The lowest BCUT2D eigenvalue weighted by Crippen LogP contribution is -2.49. The van der Waals surface area contributed by atoms with Crippen LogP contribution in [0, 0.1) is 0 Å². The minimum absolute atomic E-state index is 0.315. The van der Waals surface area contributed by atoms with Gasteiger partial charge in [0.15, 0.2) is 0 Å². The number of carbonyl (C=O) groups excluding carboxylic acids is 2. The Labute approximate surface area is 128 Å². The first kappa shape index (κ1) is 14.5. The largest absolute Gasteiger partial charge is 0.493 e. The smallest absolute Gasteiger partial charge is 0.275 e. The number of hydrazine groups is 1. The number of benzene rings is 2. The van der Waals surface area contributed by atoms with Gasteiger partial charge in [-0.2, -0.15) is 0 Å². The second-order valence-electron chi connectivity index (χ2n) is 5.13. The van der Waals surface area contributed by atoms with Gasteiger partial charge in [0.05, 0.1) is 17.7 Å². The lowest BCUT2D eigenvalue weighted by Gasteiger charge is -2.27. The zero-order valence-corrected chi connectivity index (χ0v) is 12.7. The Kier molecular flexibility index (Phi) is 3.81. The van der Waals surface area contributed by atoms with Gasteiger partial charge in [-0.3, -0.25) is 9.59 Å². The van der Waals surface area contributed by atoms with Crippen LogP contribution in [0.5, 0.6) is 5.75 Å². The van der Waals surface area contributed by atoms with Crippen LogP contribution < -0.4 is 10.2 Å². The Morgan fingerprint density at radius 3 is 2.45 bits per heavy atom. The number of amides is 2. The summed E-state index contributed by atoms with van der Waals surface area (Å²) in [5, 5.41) is 2.59. The summed E-state index contributed by atoms with van der Waals surface area (Å²) >= 11 is 0. The Hall–Kier alpha value is -2.40. The normalized spacial score (nSPS) is 13.8. The van der Waals surface area contributed by atoms with Crippen molar-refractivity contribution in [2.24, 2.45) is 0 Å². The zero-order chi connectivity index (χ0) is 15.7. The van der Waals surface area contributed by atoms with Crippen molar-refractivity contribution < 1.29 is 14.3 Å². The van der Waals surface area contributed by atoms with E-state index in [-0.39, 0.29) is 11.8 Å². The molecular formula is C17H18N2O3. The molecule has 0 atom stereocenters. The standard InChI is InChI=1S/C17H18N2O3/c1-3-10-18-19-16(20)12-7-5-6-11-14(22-4-2)9-8-13(15(11)12)17(19)21/h5-9,18H,3-4,10H2,1-2H3. The quantitative estimate of drug-likeness (QED) is 0.862. The Balaban J connectivity index is 2.19. The van der Waals surface area contributed by atoms with Gasteiger partial charge in [0, 0.05) is 17.3 Å². The van der Waals surface area contributed by atoms with Crippen molar-refractivity contribution in [3.05, 3.63) is 41.5 Å². The molecule has 114 valence electrons. The second-order valence-corrected chi connectivity index (χ2v) is 5.13. The highest BCUT2D eigenvalue weighted by Crippen LogP contribution is 2.35. The lowest BCUT2D eigenvalue weighted by atomic mass is 9.94. The van der Waals surface area contributed by atoms with Crippen LogP contribution >= 0.6 is 0 Å². The molecule has 0 unspecified atom stereocenters. The van der Waals surface area contributed by atoms with Gasteiger partial charge < -0.3 is 4.74 Å². The van der Waals surface area contributed by atoms with Crippen LogP contribution in [0.3, 0.4) is 0 Å². The van der Waals surface area contributed by atoms with E-state index in [1.165, 1.54) is 0 Å². The summed E-state index contributed by atoms with van der Waals surface area (Å²) in [6.07, 6.45) is 0.831. The molecule has 1 aliphatic rings. The number of nitrogens with one attached hydrogen (secondary N) is 1. The number of hydrogen-bond donors (Lipinski definition) is 1. The first-order chi connectivity index (χ1) is 10.7. The predicted molar refractivity (Wildman–Crippen MR) is 83.9 cm³/mol. The average Bonchev–Trinajstić information content (AvgIpc) is 2.53. The number of carbonyl (C=O) groups is 2. The third kappa shape index (κ3) is 2.14. The molecule has 2 aromatic rings. The summed E-state index contributed by atoms with van der Waals surface area (Å²) in [5.74, 6) is 0.0639. The zero-order valence-electron chi connectivity index (χ0n) is 12.7. The monoisotopic (exact) mass is 298 g/mol. The maximum Gasteiger partial charge on any atom is 0.275 e. The molecule has 5 heteroatoms. The summed E-state index contributed by atoms with van der Waals surface area (Å²) < 4.78 is 5.61. The number of ether oxygens (including phenoxy) is 1. The van der Waals surface area contributed by atoms with Crippen molar-refractivity contribution in [1.29, 1.82) is 0 Å². The van der Waals surface area contributed by atoms with Crippen LogP contribution in [0.2, 0.25) is 0 Å². The fraction of sp³-hybridized carbons (Fsp3) is 0.294. The molecule has 5 nitrogen and oxygen atoms in total. The first-order valence-corrected chi connectivity index (χ1v) is 7.49. The van der Waals surface area contributed by atoms with E-state index in [1.807, 2.05) is 26.0 Å². The molecule has 0 spiro atoms. The molecule has 22 heavy (non-hydrogen) atoms. The highest BCUT2D eigenvalue weighted by atomic mass is 16.5. The van der Waals surface area contributed by atoms with Gasteiger partial charge in [0.25, 0.3) is 11.8 Å². The molecule has 3 rings (SSSR count). The number of imide groups is 1. The molecule has 0 saturated heterocycles. The van der Waals surface area contributed by atoms with E-state index < -0.39 is 0 Å². The predicted octanol–water partition coefficient (Wildman–Crippen LogP) is 2.75. The molecule has 0 bridgehead atoms. The van der Waals surface area contributed by atoms with Crippen molar-refractivity contribution in [2.45, 2.75) is 20.3 Å². The maximum absolute atomic E-state index is 12.6. The van der Waals surface area contributed by atoms with E-state index >= 15 is 0 Å². The topological polar surface area (TPSA) is 58.6 Å². The first-order valence-electron chi connectivity index (χ1n) is 7.49. The van der Waals surface area contributed by atoms with E-state index in [9.17, 15) is 9.59 Å². The van der Waals surface area contributed by atoms with Crippen LogP contribution in [0.1, 0.15) is 41.0 Å². The van der Waals surface area contributed by atoms with Crippen molar-refractivity contribution in [3.63, 3.8) is 0 Å². The summed E-state index contributed by atoms with van der Waals surface area (Å²) in [6, 6.07) is 8.96. The molecule has 1 heterocycles. The van der Waals surface area contributed by atoms with Crippen molar-refractivity contribution >= 4 is 22.6 Å². The summed E-state index contributed by atoms with van der Waals surface area (Å²) in [7, 11) is 0. The molecule has 2 aromatic carbocycles. The molecule has 0 saturated carbocycles. The van der Waals surface area contributed by atoms with Crippen molar-refractivity contribution in [3.8, 4) is 5.75 Å². The second kappa shape index (κ2) is 5.77. The summed E-state index contributed by atoms with van der Waals surface area (Å²) in [5.41, 5.74) is 3.95. The van der Waals surface area contributed by atoms with Crippen LogP contribution in [-0.2, 0) is 0 Å². The van der Waals surface area contributed by atoms with Crippen molar-refractivity contribution in [1.82, 2.24) is 10.4 Å². The van der Waals surface area contributed by atoms with Crippen LogP contribution in [0.15, 0.2) is 30.3 Å². The molecule has 0 radical (unpaired) electrons. The number of nitrogens with zero attached hydrogens (tertiary/aromatic N) is 1. The summed E-state index contributed by atoms with van der Waals surface area (Å²) in [4.78, 5) is 25.2. The lowest BCUT2D eigenvalue weighted by molar-refractivity contribution is 0.0521. The van der Waals surface area contributed by atoms with E-state index in [0.29, 0.717) is 35.4 Å².